The zero-order valence-corrected chi connectivity index (χ0v) is 11.0. The van der Waals surface area contributed by atoms with E-state index in [1.165, 1.54) is 7.11 Å². The van der Waals surface area contributed by atoms with Crippen LogP contribution in [0.1, 0.15) is 22.1 Å². The average Bonchev–Trinajstić information content (AvgIpc) is 2.80. The number of hydrogen-bond donors (Lipinski definition) is 1. The Bertz CT molecular complexity index is 594. The van der Waals surface area contributed by atoms with Gasteiger partial charge in [0.2, 0.25) is 5.82 Å². The second-order valence-corrected chi connectivity index (χ2v) is 4.02. The predicted molar refractivity (Wildman–Crippen MR) is 68.6 cm³/mol. The Kier molecular flexibility index (Phi) is 3.74. The van der Waals surface area contributed by atoms with E-state index >= 15 is 0 Å². The van der Waals surface area contributed by atoms with E-state index in [-0.39, 0.29) is 5.82 Å². The lowest BCUT2D eigenvalue weighted by molar-refractivity contribution is 0.0586. The first-order valence-corrected chi connectivity index (χ1v) is 5.74. The van der Waals surface area contributed by atoms with Crippen molar-refractivity contribution < 1.29 is 9.53 Å². The highest BCUT2D eigenvalue weighted by atomic mass is 16.5. The number of imidazole rings is 1. The Balaban J connectivity index is 2.14. The van der Waals surface area contributed by atoms with Crippen molar-refractivity contribution in [3.05, 3.63) is 35.8 Å². The monoisotopic (exact) mass is 261 g/mol. The van der Waals surface area contributed by atoms with Gasteiger partial charge in [0.1, 0.15) is 11.6 Å². The Morgan fingerprint density at radius 2 is 2.26 bits per heavy atom. The Labute approximate surface area is 110 Å². The summed E-state index contributed by atoms with van der Waals surface area (Å²) in [6.07, 6.45) is 3.59. The second-order valence-electron chi connectivity index (χ2n) is 4.02. The lowest BCUT2D eigenvalue weighted by Crippen LogP contribution is -2.12. The number of methoxy groups -OCH3 is 1. The van der Waals surface area contributed by atoms with Gasteiger partial charge in [0.05, 0.1) is 13.7 Å². The fraction of sp³-hybridized carbons (Fsp3) is 0.333. The molecule has 0 amide bonds. The van der Waals surface area contributed by atoms with E-state index in [1.807, 2.05) is 17.8 Å². The van der Waals surface area contributed by atoms with Crippen molar-refractivity contribution in [3.63, 3.8) is 0 Å². The zero-order chi connectivity index (χ0) is 13.8. The molecule has 0 aromatic carbocycles. The van der Waals surface area contributed by atoms with E-state index in [1.54, 1.807) is 19.2 Å². The summed E-state index contributed by atoms with van der Waals surface area (Å²) in [4.78, 5) is 23.7. The molecule has 0 aliphatic rings. The molecule has 2 rings (SSSR count). The highest BCUT2D eigenvalue weighted by Gasteiger charge is 2.11. The molecule has 0 aliphatic heterocycles. The maximum Gasteiger partial charge on any atom is 0.376 e. The Hall–Kier alpha value is -2.44. The molecular formula is C12H15N5O2. The van der Waals surface area contributed by atoms with Crippen molar-refractivity contribution in [2.45, 2.75) is 13.5 Å². The van der Waals surface area contributed by atoms with Gasteiger partial charge in [0.15, 0.2) is 0 Å². The average molecular weight is 261 g/mol. The van der Waals surface area contributed by atoms with Gasteiger partial charge in [-0.3, -0.25) is 0 Å². The topological polar surface area (TPSA) is 81.9 Å². The number of esters is 1. The number of nitrogens with zero attached hydrogens (tertiary/aromatic N) is 4. The van der Waals surface area contributed by atoms with E-state index in [9.17, 15) is 4.79 Å². The Morgan fingerprint density at radius 3 is 2.89 bits per heavy atom. The maximum absolute atomic E-state index is 11.4. The molecule has 0 saturated heterocycles. The first kappa shape index (κ1) is 13.0. The predicted octanol–water partition coefficient (Wildman–Crippen LogP) is 0.917. The van der Waals surface area contributed by atoms with Crippen molar-refractivity contribution >= 4 is 11.8 Å². The number of carbonyl (C=O) groups excluding carboxylic acids is 1. The zero-order valence-electron chi connectivity index (χ0n) is 11.0. The van der Waals surface area contributed by atoms with Crippen LogP contribution in [-0.4, -0.2) is 32.6 Å². The number of aromatic nitrogens is 4. The van der Waals surface area contributed by atoms with E-state index < -0.39 is 5.97 Å². The molecule has 0 saturated carbocycles. The molecule has 0 atom stereocenters. The van der Waals surface area contributed by atoms with Crippen LogP contribution >= 0.6 is 0 Å². The minimum Gasteiger partial charge on any atom is -0.463 e. The molecule has 0 aliphatic carbocycles. The van der Waals surface area contributed by atoms with E-state index in [0.717, 1.165) is 5.82 Å². The molecule has 0 radical (unpaired) electrons. The number of carbonyl (C=O) groups is 1. The molecule has 0 bridgehead atoms. The molecule has 2 aromatic rings. The van der Waals surface area contributed by atoms with Crippen LogP contribution < -0.4 is 5.32 Å². The molecule has 100 valence electrons. The van der Waals surface area contributed by atoms with Crippen molar-refractivity contribution in [1.82, 2.24) is 19.5 Å². The summed E-state index contributed by atoms with van der Waals surface area (Å²) in [6, 6.07) is 1.76. The second kappa shape index (κ2) is 5.47. The largest absolute Gasteiger partial charge is 0.463 e. The third-order valence-electron chi connectivity index (χ3n) is 2.57. The highest BCUT2D eigenvalue weighted by Crippen LogP contribution is 2.08. The van der Waals surface area contributed by atoms with Crippen LogP contribution in [-0.2, 0) is 18.3 Å². The molecule has 2 aromatic heterocycles. The molecule has 7 heteroatoms. The summed E-state index contributed by atoms with van der Waals surface area (Å²) >= 11 is 0. The number of anilines is 1. The molecule has 19 heavy (non-hydrogen) atoms. The number of nitrogens with one attached hydrogen (secondary N) is 1. The maximum atomic E-state index is 11.4. The molecular weight excluding hydrogens is 246 g/mol. The van der Waals surface area contributed by atoms with Crippen molar-refractivity contribution in [1.29, 1.82) is 0 Å². The SMILES string of the molecule is COC(=O)c1nc(C)cc(NCc2nccn2C)n1. The fourth-order valence-electron chi connectivity index (χ4n) is 1.58. The lowest BCUT2D eigenvalue weighted by atomic mass is 10.4. The van der Waals surface area contributed by atoms with E-state index in [4.69, 9.17) is 0 Å². The first-order valence-electron chi connectivity index (χ1n) is 5.74. The third kappa shape index (κ3) is 3.06. The van der Waals surface area contributed by atoms with Crippen LogP contribution in [0.4, 0.5) is 5.82 Å². The summed E-state index contributed by atoms with van der Waals surface area (Å²) < 4.78 is 6.51. The van der Waals surface area contributed by atoms with Gasteiger partial charge in [-0.05, 0) is 6.92 Å². The van der Waals surface area contributed by atoms with Crippen LogP contribution in [0.15, 0.2) is 18.5 Å². The van der Waals surface area contributed by atoms with Gasteiger partial charge in [-0.25, -0.2) is 19.7 Å². The minimum atomic E-state index is -0.552. The molecule has 0 unspecified atom stereocenters. The summed E-state index contributed by atoms with van der Waals surface area (Å²) in [5.41, 5.74) is 0.692. The van der Waals surface area contributed by atoms with Gasteiger partial charge in [-0.15, -0.1) is 0 Å². The van der Waals surface area contributed by atoms with Gasteiger partial charge in [0.25, 0.3) is 0 Å². The number of hydrogen-bond acceptors (Lipinski definition) is 6. The minimum absolute atomic E-state index is 0.0461. The van der Waals surface area contributed by atoms with E-state index in [0.29, 0.717) is 18.1 Å². The lowest BCUT2D eigenvalue weighted by Gasteiger charge is -2.07. The normalized spacial score (nSPS) is 10.3. The number of rotatable bonds is 4. The molecule has 2 heterocycles. The van der Waals surface area contributed by atoms with Crippen molar-refractivity contribution in [2.75, 3.05) is 12.4 Å². The third-order valence-corrected chi connectivity index (χ3v) is 2.57. The summed E-state index contributed by atoms with van der Waals surface area (Å²) in [5, 5.41) is 3.11. The summed E-state index contributed by atoms with van der Waals surface area (Å²) in [7, 11) is 3.21. The summed E-state index contributed by atoms with van der Waals surface area (Å²) in [6.45, 7) is 2.31. The standard InChI is InChI=1S/C12H15N5O2/c1-8-6-9(16-11(15-8)12(18)19-3)14-7-10-13-4-5-17(10)2/h4-6H,7H2,1-3H3,(H,14,15,16). The van der Waals surface area contributed by atoms with Gasteiger partial charge in [0, 0.05) is 31.2 Å². The first-order chi connectivity index (χ1) is 9.10. The van der Waals surface area contributed by atoms with Crippen LogP contribution in [0, 0.1) is 6.92 Å². The quantitative estimate of drug-likeness (QED) is 0.824. The molecule has 0 fully saturated rings. The fourth-order valence-corrected chi connectivity index (χ4v) is 1.58. The van der Waals surface area contributed by atoms with Crippen LogP contribution in [0.3, 0.4) is 0 Å². The Morgan fingerprint density at radius 1 is 1.47 bits per heavy atom. The van der Waals surface area contributed by atoms with Crippen molar-refractivity contribution in [2.24, 2.45) is 7.05 Å². The van der Waals surface area contributed by atoms with Gasteiger partial charge in [-0.1, -0.05) is 0 Å². The van der Waals surface area contributed by atoms with E-state index in [2.05, 4.69) is 25.0 Å². The molecule has 7 nitrogen and oxygen atoms in total. The van der Waals surface area contributed by atoms with Gasteiger partial charge >= 0.3 is 5.97 Å². The van der Waals surface area contributed by atoms with Crippen LogP contribution in [0.25, 0.3) is 0 Å². The smallest absolute Gasteiger partial charge is 0.376 e. The molecule has 0 spiro atoms. The van der Waals surface area contributed by atoms with Gasteiger partial charge in [-0.2, -0.15) is 0 Å². The van der Waals surface area contributed by atoms with Crippen LogP contribution in [0.2, 0.25) is 0 Å². The number of aryl methyl sites for hydroxylation is 2. The summed E-state index contributed by atoms with van der Waals surface area (Å²) in [5.74, 6) is 0.931. The number of ether oxygens (including phenoxy) is 1. The molecule has 1 N–H and O–H groups in total. The van der Waals surface area contributed by atoms with Crippen molar-refractivity contribution in [3.8, 4) is 0 Å². The van der Waals surface area contributed by atoms with Crippen LogP contribution in [0.5, 0.6) is 0 Å². The highest BCUT2D eigenvalue weighted by molar-refractivity contribution is 5.85. The van der Waals surface area contributed by atoms with Gasteiger partial charge < -0.3 is 14.6 Å².